The van der Waals surface area contributed by atoms with Crippen molar-refractivity contribution in [2.45, 2.75) is 140 Å². The normalized spacial score (nSPS) is 20.1. The molecular formula is C52H68F2N8O7S2. The van der Waals surface area contributed by atoms with Crippen LogP contribution in [-0.2, 0) is 19.2 Å². The second-order valence-electron chi connectivity index (χ2n) is 19.0. The van der Waals surface area contributed by atoms with Gasteiger partial charge in [0.2, 0.25) is 35.2 Å². The van der Waals surface area contributed by atoms with Crippen LogP contribution in [-0.4, -0.2) is 112 Å². The number of nitrogens with zero attached hydrogens (tertiary/aromatic N) is 4. The number of likely N-dealkylation sites (tertiary alicyclic amines) is 2. The minimum Gasteiger partial charge on any atom is -0.412 e. The molecule has 0 bridgehead atoms. The van der Waals surface area contributed by atoms with E-state index in [1.807, 2.05) is 9.80 Å². The molecule has 4 heterocycles. The fourth-order valence-electron chi connectivity index (χ4n) is 10.0. The smallest absolute Gasteiger partial charge is 0.246 e. The number of ketones is 2. The lowest BCUT2D eigenvalue weighted by Gasteiger charge is -2.35. The van der Waals surface area contributed by atoms with Crippen molar-refractivity contribution >= 4 is 57.9 Å². The number of thiazole rings is 2. The van der Waals surface area contributed by atoms with E-state index in [4.69, 9.17) is 0 Å². The minimum absolute atomic E-state index is 0. The Balaban J connectivity index is 0.000000229. The van der Waals surface area contributed by atoms with Gasteiger partial charge < -0.3 is 36.5 Å². The summed E-state index contributed by atoms with van der Waals surface area (Å²) < 4.78 is 26.5. The van der Waals surface area contributed by atoms with Gasteiger partial charge in [-0.1, -0.05) is 38.5 Å². The SMILES string of the molecule is CN[C@@H](C)C(=O)N[C@H](C(=O)N1CCC[C@H]1c1nc(C(=O)c2ccc(F)cc2)cs1)C1CCCCC1.CN[C@@H](C)C(=O)N[C@H](C(=O)N1CCC[C@H]1c1nc(C(=O)c2ccc(F)cc2)cs1)C1CCCCC1.O. The quantitative estimate of drug-likeness (QED) is 0.0855. The maximum absolute atomic E-state index is 13.8. The Morgan fingerprint density at radius 3 is 1.24 bits per heavy atom. The maximum atomic E-state index is 13.8. The van der Waals surface area contributed by atoms with Crippen LogP contribution in [0.1, 0.15) is 158 Å². The summed E-state index contributed by atoms with van der Waals surface area (Å²) >= 11 is 2.73. The van der Waals surface area contributed by atoms with E-state index < -0.39 is 23.7 Å². The lowest BCUT2D eigenvalue weighted by molar-refractivity contribution is -0.139. The molecule has 2 aromatic heterocycles. The average molecular weight is 1020 g/mol. The second kappa shape index (κ2) is 25.9. The molecule has 19 heteroatoms. The number of nitrogens with one attached hydrogen (secondary N) is 4. The number of hydrogen-bond donors (Lipinski definition) is 4. The van der Waals surface area contributed by atoms with Crippen molar-refractivity contribution in [2.75, 3.05) is 27.2 Å². The summed E-state index contributed by atoms with van der Waals surface area (Å²) in [4.78, 5) is 91.6. The molecule has 2 aliphatic heterocycles. The van der Waals surface area contributed by atoms with Crippen molar-refractivity contribution in [1.29, 1.82) is 0 Å². The van der Waals surface area contributed by atoms with Crippen LogP contribution < -0.4 is 21.3 Å². The van der Waals surface area contributed by atoms with E-state index in [1.54, 1.807) is 38.7 Å². The molecule has 15 nitrogen and oxygen atoms in total. The number of carbonyl (C=O) groups excluding carboxylic acids is 6. The lowest BCUT2D eigenvalue weighted by atomic mass is 9.83. The summed E-state index contributed by atoms with van der Waals surface area (Å²) in [7, 11) is 3.46. The molecule has 4 fully saturated rings. The van der Waals surface area contributed by atoms with Crippen LogP contribution >= 0.6 is 22.7 Å². The van der Waals surface area contributed by atoms with Crippen LogP contribution in [0.2, 0.25) is 0 Å². The molecular weight excluding hydrogens is 951 g/mol. The summed E-state index contributed by atoms with van der Waals surface area (Å²) in [5.41, 5.74) is 1.36. The van der Waals surface area contributed by atoms with Crippen LogP contribution in [0.4, 0.5) is 8.78 Å². The van der Waals surface area contributed by atoms with Gasteiger partial charge in [-0.3, -0.25) is 28.8 Å². The Kier molecular flexibility index (Phi) is 20.0. The van der Waals surface area contributed by atoms with Gasteiger partial charge in [-0.05, 0) is 140 Å². The van der Waals surface area contributed by atoms with Gasteiger partial charge in [-0.25, -0.2) is 18.7 Å². The highest BCUT2D eigenvalue weighted by Gasteiger charge is 2.42. The maximum Gasteiger partial charge on any atom is 0.246 e. The zero-order valence-electron chi connectivity index (χ0n) is 41.0. The fourth-order valence-corrected chi connectivity index (χ4v) is 11.9. The highest BCUT2D eigenvalue weighted by molar-refractivity contribution is 7.10. The third-order valence-electron chi connectivity index (χ3n) is 14.4. The molecule has 4 aliphatic rings. The summed E-state index contributed by atoms with van der Waals surface area (Å²) in [5, 5.41) is 16.8. The lowest BCUT2D eigenvalue weighted by Crippen LogP contribution is -2.55. The van der Waals surface area contributed by atoms with Crippen molar-refractivity contribution in [3.05, 3.63) is 103 Å². The van der Waals surface area contributed by atoms with E-state index in [1.165, 1.54) is 71.2 Å². The molecule has 6 atom stereocenters. The van der Waals surface area contributed by atoms with Gasteiger partial charge in [-0.2, -0.15) is 0 Å². The molecule has 4 amide bonds. The van der Waals surface area contributed by atoms with Gasteiger partial charge in [-0.15, -0.1) is 22.7 Å². The molecule has 2 aliphatic carbocycles. The number of carbonyl (C=O) groups is 6. The predicted molar refractivity (Wildman–Crippen MR) is 269 cm³/mol. The van der Waals surface area contributed by atoms with Crippen molar-refractivity contribution in [3.8, 4) is 0 Å². The first-order valence-electron chi connectivity index (χ1n) is 24.9. The zero-order chi connectivity index (χ0) is 49.9. The van der Waals surface area contributed by atoms with Crippen molar-refractivity contribution in [2.24, 2.45) is 11.8 Å². The fraction of sp³-hybridized carbons (Fsp3) is 0.538. The van der Waals surface area contributed by atoms with E-state index in [0.29, 0.717) is 35.6 Å². The zero-order valence-corrected chi connectivity index (χ0v) is 42.6. The Bertz CT molecular complexity index is 2270. The first-order chi connectivity index (χ1) is 33.8. The summed E-state index contributed by atoms with van der Waals surface area (Å²) in [5.74, 6) is -1.55. The predicted octanol–water partition coefficient (Wildman–Crippen LogP) is 6.87. The Labute approximate surface area is 422 Å². The number of benzene rings is 2. The van der Waals surface area contributed by atoms with E-state index in [-0.39, 0.29) is 76.7 Å². The average Bonchev–Trinajstić information content (AvgIpc) is 4.25. The van der Waals surface area contributed by atoms with Crippen LogP contribution in [0.15, 0.2) is 59.3 Å². The number of aromatic nitrogens is 2. The van der Waals surface area contributed by atoms with E-state index in [9.17, 15) is 37.5 Å². The topological polar surface area (TPSA) is 214 Å². The molecule has 71 heavy (non-hydrogen) atoms. The third kappa shape index (κ3) is 13.6. The van der Waals surface area contributed by atoms with Crippen molar-refractivity contribution < 1.29 is 43.0 Å². The van der Waals surface area contributed by atoms with Crippen LogP contribution in [0.25, 0.3) is 0 Å². The molecule has 4 aromatic rings. The summed E-state index contributed by atoms with van der Waals surface area (Å²) in [6.07, 6.45) is 13.5. The number of halogens is 2. The largest absolute Gasteiger partial charge is 0.412 e. The van der Waals surface area contributed by atoms with Crippen LogP contribution in [0, 0.1) is 23.5 Å². The minimum atomic E-state index is -0.556. The highest BCUT2D eigenvalue weighted by atomic mass is 32.1. The molecule has 0 spiro atoms. The molecule has 384 valence electrons. The molecule has 0 radical (unpaired) electrons. The monoisotopic (exact) mass is 1020 g/mol. The number of rotatable bonds is 16. The Morgan fingerprint density at radius 2 is 0.901 bits per heavy atom. The van der Waals surface area contributed by atoms with Crippen molar-refractivity contribution in [1.82, 2.24) is 41.0 Å². The third-order valence-corrected chi connectivity index (χ3v) is 16.3. The molecule has 2 saturated carbocycles. The van der Waals surface area contributed by atoms with E-state index >= 15 is 0 Å². The second-order valence-corrected chi connectivity index (χ2v) is 20.8. The van der Waals surface area contributed by atoms with Crippen LogP contribution in [0.5, 0.6) is 0 Å². The highest BCUT2D eigenvalue weighted by Crippen LogP contribution is 2.38. The van der Waals surface area contributed by atoms with Gasteiger partial charge >= 0.3 is 0 Å². The molecule has 6 N–H and O–H groups in total. The van der Waals surface area contributed by atoms with Gasteiger partial charge in [0.1, 0.15) is 45.1 Å². The van der Waals surface area contributed by atoms with Gasteiger partial charge in [0.15, 0.2) is 0 Å². The summed E-state index contributed by atoms with van der Waals surface area (Å²) in [6.45, 7) is 4.77. The number of likely N-dealkylation sites (N-methyl/N-ethyl adjacent to an activating group) is 2. The van der Waals surface area contributed by atoms with E-state index in [0.717, 1.165) is 99.9 Å². The van der Waals surface area contributed by atoms with Crippen LogP contribution in [0.3, 0.4) is 0 Å². The molecule has 0 unspecified atom stereocenters. The van der Waals surface area contributed by atoms with Gasteiger partial charge in [0.25, 0.3) is 0 Å². The Hall–Kier alpha value is -5.34. The van der Waals surface area contributed by atoms with Gasteiger partial charge in [0.05, 0.1) is 24.2 Å². The number of amides is 4. The standard InChI is InChI=1S/2C26H33FN4O3S.H2O/c2*1-16(28-2)24(33)30-22(17-7-4-3-5-8-17)26(34)31-14-6-9-21(31)25-29-20(15-35-25)23(32)18-10-12-19(27)13-11-18;/h2*10-13,15-17,21-22,28H,3-9,14H2,1-2H3,(H,30,33);1H2/t2*16-,21-,22-;/m00./s1. The van der Waals surface area contributed by atoms with E-state index in [2.05, 4.69) is 31.2 Å². The first-order valence-corrected chi connectivity index (χ1v) is 26.6. The van der Waals surface area contributed by atoms with Gasteiger partial charge in [0, 0.05) is 35.0 Å². The molecule has 2 aromatic carbocycles. The molecule has 2 saturated heterocycles. The van der Waals surface area contributed by atoms with Crippen molar-refractivity contribution in [3.63, 3.8) is 0 Å². The number of hydrogen-bond acceptors (Lipinski definition) is 12. The first kappa shape index (κ1) is 55.0. The Morgan fingerprint density at radius 1 is 0.549 bits per heavy atom. The molecule has 8 rings (SSSR count). The summed E-state index contributed by atoms with van der Waals surface area (Å²) in [6, 6.07) is 8.51.